The number of hydrogen-bond acceptors (Lipinski definition) is 5. The first-order valence-electron chi connectivity index (χ1n) is 9.41. The molecule has 1 aromatic carbocycles. The molecule has 3 heterocycles. The number of benzene rings is 1. The molecule has 0 atom stereocenters. The molecule has 0 aliphatic carbocycles. The van der Waals surface area contributed by atoms with Crippen LogP contribution in [0, 0.1) is 6.92 Å². The smallest absolute Gasteiger partial charge is 0.254 e. The molecule has 26 heavy (non-hydrogen) atoms. The molecule has 6 nitrogen and oxygen atoms in total. The van der Waals surface area contributed by atoms with E-state index in [1.165, 1.54) is 5.56 Å². The average molecular weight is 351 g/mol. The molecule has 0 saturated carbocycles. The van der Waals surface area contributed by atoms with Gasteiger partial charge in [0.1, 0.15) is 24.0 Å². The van der Waals surface area contributed by atoms with E-state index in [2.05, 4.69) is 64.1 Å². The fourth-order valence-electron chi connectivity index (χ4n) is 3.47. The molecule has 0 N–H and O–H groups in total. The van der Waals surface area contributed by atoms with Crippen LogP contribution in [0.5, 0.6) is 5.75 Å². The Morgan fingerprint density at radius 2 is 1.92 bits per heavy atom. The molecule has 0 amide bonds. The quantitative estimate of drug-likeness (QED) is 0.705. The van der Waals surface area contributed by atoms with Crippen molar-refractivity contribution in [3.63, 3.8) is 0 Å². The van der Waals surface area contributed by atoms with Crippen LogP contribution in [0.2, 0.25) is 0 Å². The Bertz CT molecular complexity index is 866. The number of ether oxygens (including phenoxy) is 1. The van der Waals surface area contributed by atoms with Gasteiger partial charge in [-0.15, -0.1) is 0 Å². The number of nitrogens with zero attached hydrogens (tertiary/aromatic N) is 5. The number of aromatic nitrogens is 4. The van der Waals surface area contributed by atoms with Gasteiger partial charge < -0.3 is 9.64 Å². The highest BCUT2D eigenvalue weighted by Crippen LogP contribution is 2.24. The van der Waals surface area contributed by atoms with Crippen molar-refractivity contribution in [2.24, 2.45) is 0 Å². The number of fused-ring (bicyclic) bond motifs is 1. The van der Waals surface area contributed by atoms with Crippen molar-refractivity contribution < 1.29 is 4.74 Å². The molecule has 4 rings (SSSR count). The first-order chi connectivity index (χ1) is 12.7. The Labute approximate surface area is 153 Å². The Hall–Kier alpha value is -2.63. The van der Waals surface area contributed by atoms with Gasteiger partial charge in [0.15, 0.2) is 0 Å². The number of anilines is 1. The third-order valence-electron chi connectivity index (χ3n) is 4.88. The predicted molar refractivity (Wildman–Crippen MR) is 102 cm³/mol. The van der Waals surface area contributed by atoms with E-state index in [-0.39, 0.29) is 6.10 Å². The van der Waals surface area contributed by atoms with Crippen molar-refractivity contribution in [3.05, 3.63) is 47.9 Å². The minimum absolute atomic E-state index is 0.261. The van der Waals surface area contributed by atoms with Crippen LogP contribution in [-0.2, 0) is 6.42 Å². The fourth-order valence-corrected chi connectivity index (χ4v) is 3.47. The highest BCUT2D eigenvalue weighted by molar-refractivity contribution is 5.47. The maximum Gasteiger partial charge on any atom is 0.254 e. The highest BCUT2D eigenvalue weighted by Gasteiger charge is 2.23. The van der Waals surface area contributed by atoms with Crippen molar-refractivity contribution >= 4 is 11.6 Å². The summed E-state index contributed by atoms with van der Waals surface area (Å²) >= 11 is 0. The molecule has 0 radical (unpaired) electrons. The third kappa shape index (κ3) is 3.49. The van der Waals surface area contributed by atoms with Crippen molar-refractivity contribution in [1.82, 2.24) is 19.6 Å². The minimum atomic E-state index is 0.261. The molecule has 1 fully saturated rings. The summed E-state index contributed by atoms with van der Waals surface area (Å²) in [5, 5.41) is 4.36. The topological polar surface area (TPSA) is 55.6 Å². The lowest BCUT2D eigenvalue weighted by Crippen LogP contribution is -2.39. The van der Waals surface area contributed by atoms with Crippen LogP contribution >= 0.6 is 0 Å². The molecular weight excluding hydrogens is 326 g/mol. The van der Waals surface area contributed by atoms with Gasteiger partial charge in [0, 0.05) is 37.7 Å². The summed E-state index contributed by atoms with van der Waals surface area (Å²) in [4.78, 5) is 11.3. The second-order valence-corrected chi connectivity index (χ2v) is 6.94. The molecule has 1 aliphatic heterocycles. The lowest BCUT2D eigenvalue weighted by Gasteiger charge is -2.33. The molecule has 3 aromatic rings. The molecular formula is C20H25N5O. The van der Waals surface area contributed by atoms with Gasteiger partial charge in [0.25, 0.3) is 5.78 Å². The van der Waals surface area contributed by atoms with E-state index in [4.69, 9.17) is 4.74 Å². The second kappa shape index (κ2) is 7.32. The van der Waals surface area contributed by atoms with E-state index in [0.29, 0.717) is 5.78 Å². The minimum Gasteiger partial charge on any atom is -0.490 e. The van der Waals surface area contributed by atoms with E-state index in [1.807, 2.05) is 4.52 Å². The van der Waals surface area contributed by atoms with Crippen molar-refractivity contribution in [1.29, 1.82) is 0 Å². The fraction of sp³-hybridized carbons (Fsp3) is 0.450. The van der Waals surface area contributed by atoms with Crippen LogP contribution in [0.3, 0.4) is 0 Å². The van der Waals surface area contributed by atoms with Gasteiger partial charge in [-0.1, -0.05) is 31.0 Å². The largest absolute Gasteiger partial charge is 0.490 e. The lowest BCUT2D eigenvalue weighted by molar-refractivity contribution is 0.170. The number of hydrogen-bond donors (Lipinski definition) is 0. The Kier molecular flexibility index (Phi) is 4.73. The van der Waals surface area contributed by atoms with Gasteiger partial charge in [-0.3, -0.25) is 0 Å². The molecule has 2 aromatic heterocycles. The van der Waals surface area contributed by atoms with E-state index >= 15 is 0 Å². The van der Waals surface area contributed by atoms with E-state index in [1.54, 1.807) is 6.33 Å². The van der Waals surface area contributed by atoms with Crippen LogP contribution < -0.4 is 9.64 Å². The summed E-state index contributed by atoms with van der Waals surface area (Å²) in [5.74, 6) is 2.73. The van der Waals surface area contributed by atoms with Gasteiger partial charge in [-0.05, 0) is 25.5 Å². The predicted octanol–water partition coefficient (Wildman–Crippen LogP) is 3.43. The molecule has 136 valence electrons. The van der Waals surface area contributed by atoms with Gasteiger partial charge in [0.2, 0.25) is 0 Å². The van der Waals surface area contributed by atoms with Crippen LogP contribution in [0.1, 0.15) is 37.4 Å². The number of rotatable bonds is 5. The van der Waals surface area contributed by atoms with Crippen LogP contribution in [0.4, 0.5) is 5.82 Å². The maximum absolute atomic E-state index is 6.16. The summed E-state index contributed by atoms with van der Waals surface area (Å²) < 4.78 is 8.00. The zero-order chi connectivity index (χ0) is 17.9. The summed E-state index contributed by atoms with van der Waals surface area (Å²) in [6, 6.07) is 10.5. The van der Waals surface area contributed by atoms with Crippen molar-refractivity contribution in [2.75, 3.05) is 18.0 Å². The van der Waals surface area contributed by atoms with Crippen molar-refractivity contribution in [2.45, 2.75) is 45.6 Å². The van der Waals surface area contributed by atoms with Gasteiger partial charge in [0.05, 0.1) is 0 Å². The van der Waals surface area contributed by atoms with E-state index in [0.717, 1.165) is 56.0 Å². The maximum atomic E-state index is 6.16. The van der Waals surface area contributed by atoms with Gasteiger partial charge >= 0.3 is 0 Å². The zero-order valence-electron chi connectivity index (χ0n) is 15.4. The van der Waals surface area contributed by atoms with Gasteiger partial charge in [-0.25, -0.2) is 4.98 Å². The second-order valence-electron chi connectivity index (χ2n) is 6.94. The summed E-state index contributed by atoms with van der Waals surface area (Å²) in [5.41, 5.74) is 2.34. The monoisotopic (exact) mass is 351 g/mol. The van der Waals surface area contributed by atoms with Gasteiger partial charge in [-0.2, -0.15) is 14.6 Å². The van der Waals surface area contributed by atoms with Crippen LogP contribution in [-0.4, -0.2) is 38.8 Å². The number of piperidine rings is 1. The first kappa shape index (κ1) is 16.8. The molecule has 0 spiro atoms. The van der Waals surface area contributed by atoms with Crippen LogP contribution in [0.15, 0.2) is 36.7 Å². The molecule has 1 saturated heterocycles. The normalized spacial score (nSPS) is 15.5. The summed E-state index contributed by atoms with van der Waals surface area (Å²) in [6.07, 6.45) is 5.86. The molecule has 1 aliphatic rings. The molecule has 0 bridgehead atoms. The standard InChI is InChI=1S/C20H25N5O/c1-3-4-16-13-19(25-20(23-16)21-14-22-25)24-11-9-18(10-12-24)26-17-7-5-15(2)6-8-17/h5-8,13-14,18H,3-4,9-12H2,1-2H3. The van der Waals surface area contributed by atoms with E-state index in [9.17, 15) is 0 Å². The lowest BCUT2D eigenvalue weighted by atomic mass is 10.1. The molecule has 6 heteroatoms. The van der Waals surface area contributed by atoms with Crippen LogP contribution in [0.25, 0.3) is 5.78 Å². The Morgan fingerprint density at radius 3 is 2.65 bits per heavy atom. The van der Waals surface area contributed by atoms with E-state index < -0.39 is 0 Å². The third-order valence-corrected chi connectivity index (χ3v) is 4.88. The Balaban J connectivity index is 1.46. The highest BCUT2D eigenvalue weighted by atomic mass is 16.5. The zero-order valence-corrected chi connectivity index (χ0v) is 15.4. The molecule has 0 unspecified atom stereocenters. The van der Waals surface area contributed by atoms with Crippen molar-refractivity contribution in [3.8, 4) is 5.75 Å². The Morgan fingerprint density at radius 1 is 1.15 bits per heavy atom. The average Bonchev–Trinajstić information content (AvgIpc) is 3.13. The SMILES string of the molecule is CCCc1cc(N2CCC(Oc3ccc(C)cc3)CC2)n2ncnc2n1. The summed E-state index contributed by atoms with van der Waals surface area (Å²) in [6.45, 7) is 6.15. The first-order valence-corrected chi connectivity index (χ1v) is 9.41. The summed E-state index contributed by atoms with van der Waals surface area (Å²) in [7, 11) is 0. The number of aryl methyl sites for hydroxylation is 2.